The van der Waals surface area contributed by atoms with E-state index >= 15 is 0 Å². The summed E-state index contributed by atoms with van der Waals surface area (Å²) in [6.07, 6.45) is 1.50. The number of hydrogen-bond donors (Lipinski definition) is 1. The molecule has 0 bridgehead atoms. The number of carboxylic acids is 1. The maximum absolute atomic E-state index is 12.3. The van der Waals surface area contributed by atoms with Gasteiger partial charge in [-0.2, -0.15) is 5.10 Å². The van der Waals surface area contributed by atoms with Gasteiger partial charge in [-0.05, 0) is 18.6 Å². The molecule has 0 aliphatic heterocycles. The number of carbonyl (C=O) groups excluding carboxylic acids is 1. The van der Waals surface area contributed by atoms with Crippen LogP contribution in [0.15, 0.2) is 42.6 Å². The van der Waals surface area contributed by atoms with E-state index < -0.39 is 12.0 Å². The van der Waals surface area contributed by atoms with Crippen LogP contribution in [-0.2, 0) is 11.3 Å². The molecular formula is C15H17N3O3. The van der Waals surface area contributed by atoms with Gasteiger partial charge in [0.05, 0.1) is 0 Å². The number of hydrogen-bond acceptors (Lipinski definition) is 3. The second-order valence-corrected chi connectivity index (χ2v) is 4.84. The zero-order chi connectivity index (χ0) is 15.4. The Kier molecular flexibility index (Phi) is 4.37. The van der Waals surface area contributed by atoms with Crippen LogP contribution in [0.5, 0.6) is 0 Å². The summed E-state index contributed by atoms with van der Waals surface area (Å²) in [5.74, 6) is -1.23. The maximum Gasteiger partial charge on any atom is 0.328 e. The van der Waals surface area contributed by atoms with Crippen LogP contribution in [0, 0.1) is 0 Å². The monoisotopic (exact) mass is 287 g/mol. The maximum atomic E-state index is 12.3. The Morgan fingerprint density at radius 1 is 1.29 bits per heavy atom. The molecule has 1 heterocycles. The molecule has 6 nitrogen and oxygen atoms in total. The number of benzene rings is 1. The van der Waals surface area contributed by atoms with Gasteiger partial charge in [0, 0.05) is 19.8 Å². The van der Waals surface area contributed by atoms with Gasteiger partial charge < -0.3 is 10.0 Å². The summed E-state index contributed by atoms with van der Waals surface area (Å²) in [5.41, 5.74) is 1.26. The zero-order valence-corrected chi connectivity index (χ0v) is 11.9. The highest BCUT2D eigenvalue weighted by Gasteiger charge is 2.19. The summed E-state index contributed by atoms with van der Waals surface area (Å²) in [4.78, 5) is 24.7. The van der Waals surface area contributed by atoms with Crippen LogP contribution in [0.1, 0.15) is 29.0 Å². The predicted molar refractivity (Wildman–Crippen MR) is 76.8 cm³/mol. The summed E-state index contributed by atoms with van der Waals surface area (Å²) in [6, 6.07) is 10.4. The molecule has 1 N–H and O–H groups in total. The lowest BCUT2D eigenvalue weighted by atomic mass is 10.2. The van der Waals surface area contributed by atoms with Crippen molar-refractivity contribution < 1.29 is 14.7 Å². The fourth-order valence-electron chi connectivity index (χ4n) is 1.91. The lowest BCUT2D eigenvalue weighted by Crippen LogP contribution is -2.27. The van der Waals surface area contributed by atoms with Gasteiger partial charge in [-0.15, -0.1) is 0 Å². The van der Waals surface area contributed by atoms with E-state index in [4.69, 9.17) is 5.11 Å². The third-order valence-corrected chi connectivity index (χ3v) is 3.19. The molecule has 1 aromatic heterocycles. The quantitative estimate of drug-likeness (QED) is 0.910. The Labute approximate surface area is 122 Å². The third kappa shape index (κ3) is 3.47. The van der Waals surface area contributed by atoms with E-state index in [1.165, 1.54) is 23.9 Å². The van der Waals surface area contributed by atoms with E-state index in [0.29, 0.717) is 6.54 Å². The second-order valence-electron chi connectivity index (χ2n) is 4.84. The van der Waals surface area contributed by atoms with Crippen LogP contribution < -0.4 is 0 Å². The largest absolute Gasteiger partial charge is 0.480 e. The summed E-state index contributed by atoms with van der Waals surface area (Å²) >= 11 is 0. The molecule has 110 valence electrons. The molecule has 1 unspecified atom stereocenters. The molecular weight excluding hydrogens is 270 g/mol. The summed E-state index contributed by atoms with van der Waals surface area (Å²) in [5, 5.41) is 13.0. The Morgan fingerprint density at radius 3 is 2.57 bits per heavy atom. The van der Waals surface area contributed by atoms with Gasteiger partial charge in [-0.3, -0.25) is 9.48 Å². The molecule has 0 radical (unpaired) electrons. The van der Waals surface area contributed by atoms with Crippen molar-refractivity contribution in [1.29, 1.82) is 0 Å². The molecule has 0 aliphatic carbocycles. The standard InChI is InChI=1S/C15H17N3O3/c1-11(15(20)21)18-9-8-13(16-18)14(19)17(2)10-12-6-4-3-5-7-12/h3-9,11H,10H2,1-2H3,(H,20,21). The van der Waals surface area contributed by atoms with Crippen LogP contribution in [0.4, 0.5) is 0 Å². The fourth-order valence-corrected chi connectivity index (χ4v) is 1.91. The number of aliphatic carboxylic acids is 1. The minimum Gasteiger partial charge on any atom is -0.480 e. The topological polar surface area (TPSA) is 75.4 Å². The number of carbonyl (C=O) groups is 2. The van der Waals surface area contributed by atoms with Crippen LogP contribution >= 0.6 is 0 Å². The van der Waals surface area contributed by atoms with Crippen molar-refractivity contribution >= 4 is 11.9 Å². The van der Waals surface area contributed by atoms with Crippen molar-refractivity contribution in [2.45, 2.75) is 19.5 Å². The molecule has 6 heteroatoms. The van der Waals surface area contributed by atoms with E-state index in [-0.39, 0.29) is 11.6 Å². The second kappa shape index (κ2) is 6.21. The Balaban J connectivity index is 2.08. The van der Waals surface area contributed by atoms with E-state index in [9.17, 15) is 9.59 Å². The van der Waals surface area contributed by atoms with Crippen LogP contribution in [-0.4, -0.2) is 38.7 Å². The molecule has 2 rings (SSSR count). The summed E-state index contributed by atoms with van der Waals surface area (Å²) in [7, 11) is 1.69. The van der Waals surface area contributed by atoms with E-state index in [0.717, 1.165) is 5.56 Å². The van der Waals surface area contributed by atoms with Crippen molar-refractivity contribution in [3.63, 3.8) is 0 Å². The van der Waals surface area contributed by atoms with E-state index in [1.54, 1.807) is 11.9 Å². The lowest BCUT2D eigenvalue weighted by Gasteiger charge is -2.16. The summed E-state index contributed by atoms with van der Waals surface area (Å²) < 4.78 is 1.27. The Hall–Kier alpha value is -2.63. The SMILES string of the molecule is CC(C(=O)O)n1ccc(C(=O)N(C)Cc2ccccc2)n1. The van der Waals surface area contributed by atoms with Gasteiger partial charge in [-0.25, -0.2) is 4.79 Å². The highest BCUT2D eigenvalue weighted by molar-refractivity contribution is 5.92. The van der Waals surface area contributed by atoms with E-state index in [1.807, 2.05) is 30.3 Å². The number of amides is 1. The predicted octanol–water partition coefficient (Wildman–Crippen LogP) is 1.80. The highest BCUT2D eigenvalue weighted by atomic mass is 16.4. The minimum atomic E-state index is -0.991. The first-order chi connectivity index (χ1) is 9.99. The van der Waals surface area contributed by atoms with Crippen molar-refractivity contribution in [3.8, 4) is 0 Å². The molecule has 0 saturated carbocycles. The van der Waals surface area contributed by atoms with Gasteiger partial charge in [0.25, 0.3) is 5.91 Å². The van der Waals surface area contributed by atoms with Gasteiger partial charge in [0.2, 0.25) is 0 Å². The molecule has 2 aromatic rings. The van der Waals surface area contributed by atoms with Crippen LogP contribution in [0.2, 0.25) is 0 Å². The smallest absolute Gasteiger partial charge is 0.328 e. The molecule has 0 aliphatic rings. The first-order valence-electron chi connectivity index (χ1n) is 6.56. The number of rotatable bonds is 5. The van der Waals surface area contributed by atoms with E-state index in [2.05, 4.69) is 5.10 Å². The van der Waals surface area contributed by atoms with Crippen LogP contribution in [0.3, 0.4) is 0 Å². The molecule has 1 atom stereocenters. The third-order valence-electron chi connectivity index (χ3n) is 3.19. The van der Waals surface area contributed by atoms with Crippen molar-refractivity contribution in [2.24, 2.45) is 0 Å². The van der Waals surface area contributed by atoms with Gasteiger partial charge in [-0.1, -0.05) is 30.3 Å². The number of aromatic nitrogens is 2. The first kappa shape index (κ1) is 14.8. The van der Waals surface area contributed by atoms with Crippen molar-refractivity contribution in [1.82, 2.24) is 14.7 Å². The van der Waals surface area contributed by atoms with Gasteiger partial charge in [0.15, 0.2) is 0 Å². The molecule has 0 fully saturated rings. The van der Waals surface area contributed by atoms with Gasteiger partial charge in [0.1, 0.15) is 11.7 Å². The molecule has 21 heavy (non-hydrogen) atoms. The van der Waals surface area contributed by atoms with Crippen LogP contribution in [0.25, 0.3) is 0 Å². The lowest BCUT2D eigenvalue weighted by molar-refractivity contribution is -0.140. The molecule has 1 aromatic carbocycles. The highest BCUT2D eigenvalue weighted by Crippen LogP contribution is 2.10. The average Bonchev–Trinajstić information content (AvgIpc) is 2.96. The fraction of sp³-hybridized carbons (Fsp3) is 0.267. The Bertz CT molecular complexity index is 637. The Morgan fingerprint density at radius 2 is 1.95 bits per heavy atom. The average molecular weight is 287 g/mol. The van der Waals surface area contributed by atoms with Crippen molar-refractivity contribution in [2.75, 3.05) is 7.05 Å². The molecule has 1 amide bonds. The zero-order valence-electron chi connectivity index (χ0n) is 11.9. The summed E-state index contributed by atoms with van der Waals surface area (Å²) in [6.45, 7) is 1.98. The molecule has 0 saturated heterocycles. The minimum absolute atomic E-state index is 0.238. The first-order valence-corrected chi connectivity index (χ1v) is 6.56. The van der Waals surface area contributed by atoms with Gasteiger partial charge >= 0.3 is 5.97 Å². The molecule has 0 spiro atoms. The van der Waals surface area contributed by atoms with Crippen molar-refractivity contribution in [3.05, 3.63) is 53.9 Å². The number of carboxylic acid groups (broad SMARTS) is 1. The normalized spacial score (nSPS) is 11.9. The number of nitrogens with zero attached hydrogens (tertiary/aromatic N) is 3.